The van der Waals surface area contributed by atoms with Crippen LogP contribution in [0.1, 0.15) is 36.4 Å². The minimum Gasteiger partial charge on any atom is -0.497 e. The van der Waals surface area contributed by atoms with E-state index in [-0.39, 0.29) is 11.9 Å². The standard InChI is InChI=1S/C24H25NO5/c1-27-18-6-7-19-17(15-30-22(19)14-18)13-24(26)25-9-2-4-20(25)16-5-8-21-23(12-16)29-11-3-10-28-21/h5-8,12,14-15,20H,2-4,9-11,13H2,1H3. The largest absolute Gasteiger partial charge is 0.497 e. The Morgan fingerprint density at radius 3 is 2.83 bits per heavy atom. The van der Waals surface area contributed by atoms with Gasteiger partial charge in [-0.1, -0.05) is 6.07 Å². The maximum atomic E-state index is 13.2. The predicted octanol–water partition coefficient (Wildman–Crippen LogP) is 4.51. The van der Waals surface area contributed by atoms with Crippen molar-refractivity contribution in [3.05, 3.63) is 53.8 Å². The Bertz CT molecular complexity index is 1070. The van der Waals surface area contributed by atoms with E-state index in [1.54, 1.807) is 13.4 Å². The molecule has 0 bridgehead atoms. The summed E-state index contributed by atoms with van der Waals surface area (Å²) in [7, 11) is 1.63. The molecule has 6 nitrogen and oxygen atoms in total. The molecule has 2 aliphatic rings. The number of hydrogen-bond acceptors (Lipinski definition) is 5. The van der Waals surface area contributed by atoms with Crippen LogP contribution in [0.3, 0.4) is 0 Å². The zero-order valence-electron chi connectivity index (χ0n) is 17.1. The van der Waals surface area contributed by atoms with E-state index in [4.69, 9.17) is 18.6 Å². The summed E-state index contributed by atoms with van der Waals surface area (Å²) in [5, 5.41) is 0.954. The second-order valence-electron chi connectivity index (χ2n) is 7.80. The number of ether oxygens (including phenoxy) is 3. The molecule has 1 unspecified atom stereocenters. The number of methoxy groups -OCH3 is 1. The topological polar surface area (TPSA) is 61.1 Å². The molecule has 2 aliphatic heterocycles. The van der Waals surface area contributed by atoms with Gasteiger partial charge >= 0.3 is 0 Å². The number of benzene rings is 2. The minimum absolute atomic E-state index is 0.0629. The van der Waals surface area contributed by atoms with Crippen LogP contribution >= 0.6 is 0 Å². The molecular formula is C24H25NO5. The number of rotatable bonds is 4. The van der Waals surface area contributed by atoms with Crippen LogP contribution in [0.15, 0.2) is 47.1 Å². The second-order valence-corrected chi connectivity index (χ2v) is 7.80. The number of furan rings is 1. The molecule has 30 heavy (non-hydrogen) atoms. The van der Waals surface area contributed by atoms with Gasteiger partial charge in [-0.3, -0.25) is 4.79 Å². The fraction of sp³-hybridized carbons (Fsp3) is 0.375. The first-order chi connectivity index (χ1) is 14.7. The lowest BCUT2D eigenvalue weighted by molar-refractivity contribution is -0.131. The molecule has 1 aromatic heterocycles. The molecule has 6 heteroatoms. The molecule has 3 heterocycles. The van der Waals surface area contributed by atoms with Gasteiger partial charge in [0.1, 0.15) is 11.3 Å². The van der Waals surface area contributed by atoms with Crippen LogP contribution in [0.25, 0.3) is 11.0 Å². The van der Waals surface area contributed by atoms with Crippen molar-refractivity contribution in [3.8, 4) is 17.2 Å². The van der Waals surface area contributed by atoms with Gasteiger partial charge in [0.2, 0.25) is 5.91 Å². The third kappa shape index (κ3) is 3.47. The van der Waals surface area contributed by atoms with Crippen molar-refractivity contribution in [1.82, 2.24) is 4.90 Å². The van der Waals surface area contributed by atoms with E-state index in [1.807, 2.05) is 35.2 Å². The van der Waals surface area contributed by atoms with E-state index < -0.39 is 0 Å². The zero-order valence-corrected chi connectivity index (χ0v) is 17.1. The molecule has 1 saturated heterocycles. The smallest absolute Gasteiger partial charge is 0.227 e. The lowest BCUT2D eigenvalue weighted by Crippen LogP contribution is -2.31. The predicted molar refractivity (Wildman–Crippen MR) is 112 cm³/mol. The number of carbonyl (C=O) groups excluding carboxylic acids is 1. The van der Waals surface area contributed by atoms with Gasteiger partial charge < -0.3 is 23.5 Å². The first-order valence-corrected chi connectivity index (χ1v) is 10.5. The van der Waals surface area contributed by atoms with Crippen molar-refractivity contribution in [3.63, 3.8) is 0 Å². The third-order valence-corrected chi connectivity index (χ3v) is 5.93. The monoisotopic (exact) mass is 407 g/mol. The SMILES string of the molecule is COc1ccc2c(CC(=O)N3CCCC3c3ccc4c(c3)OCCCO4)coc2c1. The molecule has 5 rings (SSSR count). The van der Waals surface area contributed by atoms with Crippen molar-refractivity contribution in [2.24, 2.45) is 0 Å². The summed E-state index contributed by atoms with van der Waals surface area (Å²) >= 11 is 0. The average Bonchev–Trinajstić information content (AvgIpc) is 3.34. The molecule has 0 N–H and O–H groups in total. The Kier molecular flexibility index (Phi) is 4.99. The van der Waals surface area contributed by atoms with Gasteiger partial charge in [0.15, 0.2) is 11.5 Å². The lowest BCUT2D eigenvalue weighted by atomic mass is 10.0. The number of fused-ring (bicyclic) bond motifs is 2. The van der Waals surface area contributed by atoms with Crippen LogP contribution in [0.4, 0.5) is 0 Å². The summed E-state index contributed by atoms with van der Waals surface area (Å²) in [6.45, 7) is 2.09. The highest BCUT2D eigenvalue weighted by molar-refractivity contribution is 5.88. The Hall–Kier alpha value is -3.15. The van der Waals surface area contributed by atoms with Gasteiger partial charge in [0.25, 0.3) is 0 Å². The highest BCUT2D eigenvalue weighted by Gasteiger charge is 2.31. The highest BCUT2D eigenvalue weighted by Crippen LogP contribution is 2.38. The number of carbonyl (C=O) groups is 1. The first-order valence-electron chi connectivity index (χ1n) is 10.5. The highest BCUT2D eigenvalue weighted by atomic mass is 16.5. The van der Waals surface area contributed by atoms with Crippen LogP contribution in [-0.4, -0.2) is 37.7 Å². The summed E-state index contributed by atoms with van der Waals surface area (Å²) in [6.07, 6.45) is 4.83. The summed E-state index contributed by atoms with van der Waals surface area (Å²) in [4.78, 5) is 15.2. The quantitative estimate of drug-likeness (QED) is 0.637. The van der Waals surface area contributed by atoms with E-state index in [0.717, 1.165) is 65.2 Å². The molecule has 1 fully saturated rings. The maximum absolute atomic E-state index is 13.2. The molecule has 1 amide bonds. The van der Waals surface area contributed by atoms with Crippen LogP contribution in [0.2, 0.25) is 0 Å². The number of likely N-dealkylation sites (tertiary alicyclic amines) is 1. The lowest BCUT2D eigenvalue weighted by Gasteiger charge is -2.25. The van der Waals surface area contributed by atoms with Gasteiger partial charge in [0.05, 0.1) is 39.0 Å². The summed E-state index contributed by atoms with van der Waals surface area (Å²) in [5.74, 6) is 2.42. The Morgan fingerprint density at radius 1 is 1.10 bits per heavy atom. The van der Waals surface area contributed by atoms with E-state index in [1.165, 1.54) is 0 Å². The molecule has 1 atom stereocenters. The van der Waals surface area contributed by atoms with E-state index in [2.05, 4.69) is 6.07 Å². The Balaban J connectivity index is 1.36. The third-order valence-electron chi connectivity index (χ3n) is 5.93. The van der Waals surface area contributed by atoms with E-state index in [0.29, 0.717) is 19.6 Å². The van der Waals surface area contributed by atoms with E-state index >= 15 is 0 Å². The van der Waals surface area contributed by atoms with Crippen LogP contribution in [0.5, 0.6) is 17.2 Å². The normalized spacial score (nSPS) is 18.4. The minimum atomic E-state index is 0.0629. The van der Waals surface area contributed by atoms with Crippen LogP contribution in [0, 0.1) is 0 Å². The second kappa shape index (κ2) is 7.94. The molecule has 2 aromatic carbocycles. The Labute approximate surface area is 175 Å². The van der Waals surface area contributed by atoms with Crippen molar-refractivity contribution in [1.29, 1.82) is 0 Å². The van der Waals surface area contributed by atoms with Crippen molar-refractivity contribution < 1.29 is 23.4 Å². The summed E-state index contributed by atoms with van der Waals surface area (Å²) in [5.41, 5.74) is 2.74. The van der Waals surface area contributed by atoms with Gasteiger partial charge in [-0.15, -0.1) is 0 Å². The summed E-state index contributed by atoms with van der Waals surface area (Å²) < 4.78 is 22.5. The molecule has 0 aliphatic carbocycles. The molecule has 0 radical (unpaired) electrons. The average molecular weight is 407 g/mol. The van der Waals surface area contributed by atoms with Crippen molar-refractivity contribution >= 4 is 16.9 Å². The number of nitrogens with zero attached hydrogens (tertiary/aromatic N) is 1. The molecular weight excluding hydrogens is 382 g/mol. The molecule has 156 valence electrons. The van der Waals surface area contributed by atoms with Crippen LogP contribution < -0.4 is 14.2 Å². The van der Waals surface area contributed by atoms with Crippen molar-refractivity contribution in [2.45, 2.75) is 31.7 Å². The first kappa shape index (κ1) is 18.9. The maximum Gasteiger partial charge on any atom is 0.227 e. The number of hydrogen-bond donors (Lipinski definition) is 0. The van der Waals surface area contributed by atoms with Gasteiger partial charge in [0, 0.05) is 30.0 Å². The van der Waals surface area contributed by atoms with Gasteiger partial charge in [-0.25, -0.2) is 0 Å². The fourth-order valence-corrected chi connectivity index (χ4v) is 4.39. The summed E-state index contributed by atoms with van der Waals surface area (Å²) in [6, 6.07) is 11.8. The Morgan fingerprint density at radius 2 is 1.97 bits per heavy atom. The zero-order chi connectivity index (χ0) is 20.5. The molecule has 3 aromatic rings. The van der Waals surface area contributed by atoms with Crippen molar-refractivity contribution in [2.75, 3.05) is 26.9 Å². The van der Waals surface area contributed by atoms with Gasteiger partial charge in [-0.2, -0.15) is 0 Å². The van der Waals surface area contributed by atoms with E-state index in [9.17, 15) is 4.79 Å². The molecule has 0 saturated carbocycles. The molecule has 0 spiro atoms. The van der Waals surface area contributed by atoms with Crippen LogP contribution in [-0.2, 0) is 11.2 Å². The number of amides is 1. The van der Waals surface area contributed by atoms with Gasteiger partial charge in [-0.05, 0) is 42.7 Å². The fourth-order valence-electron chi connectivity index (χ4n) is 4.39.